The van der Waals surface area contributed by atoms with E-state index in [-0.39, 0.29) is 30.7 Å². The van der Waals surface area contributed by atoms with Gasteiger partial charge in [-0.25, -0.2) is 0 Å². The summed E-state index contributed by atoms with van der Waals surface area (Å²) in [5.74, 6) is -1.41. The SMILES string of the molecule is CCC(CC)N(CCBr)C(=O)C1CCC(C(F)(F)F)CC1. The molecule has 0 aromatic rings. The first-order valence-electron chi connectivity index (χ1n) is 7.78. The zero-order valence-electron chi connectivity index (χ0n) is 12.8. The number of rotatable bonds is 6. The highest BCUT2D eigenvalue weighted by Gasteiger charge is 2.43. The van der Waals surface area contributed by atoms with Gasteiger partial charge in [-0.2, -0.15) is 13.2 Å². The molecule has 0 unspecified atom stereocenters. The van der Waals surface area contributed by atoms with E-state index in [4.69, 9.17) is 0 Å². The van der Waals surface area contributed by atoms with Crippen molar-refractivity contribution in [2.75, 3.05) is 11.9 Å². The Hall–Kier alpha value is -0.260. The second kappa shape index (κ2) is 8.39. The number of halogens is 4. The van der Waals surface area contributed by atoms with Crippen LogP contribution in [0.15, 0.2) is 0 Å². The van der Waals surface area contributed by atoms with Crippen LogP contribution in [-0.2, 0) is 4.79 Å². The molecule has 0 aliphatic heterocycles. The summed E-state index contributed by atoms with van der Waals surface area (Å²) in [5.41, 5.74) is 0. The van der Waals surface area contributed by atoms with Crippen molar-refractivity contribution in [3.63, 3.8) is 0 Å². The molecular weight excluding hydrogens is 347 g/mol. The van der Waals surface area contributed by atoms with E-state index in [1.54, 1.807) is 0 Å². The fourth-order valence-corrected chi connectivity index (χ4v) is 3.58. The molecule has 1 rings (SSSR count). The van der Waals surface area contributed by atoms with Crippen molar-refractivity contribution < 1.29 is 18.0 Å². The summed E-state index contributed by atoms with van der Waals surface area (Å²) in [4.78, 5) is 14.5. The average Bonchev–Trinajstić information content (AvgIpc) is 2.46. The molecule has 0 aromatic carbocycles. The van der Waals surface area contributed by atoms with Gasteiger partial charge in [-0.1, -0.05) is 29.8 Å². The predicted molar refractivity (Wildman–Crippen MR) is 81.4 cm³/mol. The zero-order chi connectivity index (χ0) is 16.0. The largest absolute Gasteiger partial charge is 0.391 e. The van der Waals surface area contributed by atoms with Crippen molar-refractivity contribution in [3.05, 3.63) is 0 Å². The maximum atomic E-state index is 12.7. The van der Waals surface area contributed by atoms with Gasteiger partial charge in [0.05, 0.1) is 5.92 Å². The van der Waals surface area contributed by atoms with Gasteiger partial charge >= 0.3 is 6.18 Å². The Morgan fingerprint density at radius 3 is 2.10 bits per heavy atom. The molecule has 6 heteroatoms. The van der Waals surface area contributed by atoms with E-state index in [1.165, 1.54) is 0 Å². The molecule has 0 bridgehead atoms. The van der Waals surface area contributed by atoms with Gasteiger partial charge in [0.2, 0.25) is 5.91 Å². The van der Waals surface area contributed by atoms with Crippen molar-refractivity contribution in [1.29, 1.82) is 0 Å². The molecule has 1 aliphatic carbocycles. The highest BCUT2D eigenvalue weighted by molar-refractivity contribution is 9.09. The van der Waals surface area contributed by atoms with Crippen LogP contribution < -0.4 is 0 Å². The van der Waals surface area contributed by atoms with Crippen LogP contribution in [0.4, 0.5) is 13.2 Å². The summed E-state index contributed by atoms with van der Waals surface area (Å²) in [5, 5.41) is 0.702. The molecule has 1 fully saturated rings. The van der Waals surface area contributed by atoms with Crippen LogP contribution >= 0.6 is 15.9 Å². The number of hydrogen-bond donors (Lipinski definition) is 0. The van der Waals surface area contributed by atoms with Gasteiger partial charge in [-0.3, -0.25) is 4.79 Å². The van der Waals surface area contributed by atoms with E-state index in [2.05, 4.69) is 15.9 Å². The Balaban J connectivity index is 2.65. The molecule has 0 heterocycles. The van der Waals surface area contributed by atoms with E-state index in [0.29, 0.717) is 24.7 Å². The Kier molecular flexibility index (Phi) is 7.51. The Bertz CT molecular complexity index is 323. The normalized spacial score (nSPS) is 23.4. The fraction of sp³-hybridized carbons (Fsp3) is 0.933. The number of amides is 1. The van der Waals surface area contributed by atoms with E-state index >= 15 is 0 Å². The minimum atomic E-state index is -4.11. The smallest absolute Gasteiger partial charge is 0.339 e. The number of carbonyl (C=O) groups is 1. The molecule has 21 heavy (non-hydrogen) atoms. The Labute approximate surface area is 133 Å². The van der Waals surface area contributed by atoms with Crippen LogP contribution in [0.5, 0.6) is 0 Å². The molecule has 0 N–H and O–H groups in total. The van der Waals surface area contributed by atoms with Gasteiger partial charge < -0.3 is 4.90 Å². The van der Waals surface area contributed by atoms with E-state index < -0.39 is 12.1 Å². The summed E-state index contributed by atoms with van der Waals surface area (Å²) in [7, 11) is 0. The fourth-order valence-electron chi connectivity index (χ4n) is 3.20. The van der Waals surface area contributed by atoms with E-state index in [0.717, 1.165) is 12.8 Å². The Morgan fingerprint density at radius 1 is 1.19 bits per heavy atom. The van der Waals surface area contributed by atoms with Gasteiger partial charge in [0.1, 0.15) is 0 Å². The van der Waals surface area contributed by atoms with Gasteiger partial charge in [-0.15, -0.1) is 0 Å². The van der Waals surface area contributed by atoms with Crippen molar-refractivity contribution >= 4 is 21.8 Å². The molecule has 2 nitrogen and oxygen atoms in total. The van der Waals surface area contributed by atoms with Gasteiger partial charge in [0.15, 0.2) is 0 Å². The molecule has 0 atom stereocenters. The topological polar surface area (TPSA) is 20.3 Å². The van der Waals surface area contributed by atoms with Crippen LogP contribution in [0, 0.1) is 11.8 Å². The second-order valence-corrected chi connectivity index (χ2v) is 6.57. The van der Waals surface area contributed by atoms with Crippen LogP contribution in [0.1, 0.15) is 52.4 Å². The van der Waals surface area contributed by atoms with Crippen molar-refractivity contribution in [3.8, 4) is 0 Å². The summed E-state index contributed by atoms with van der Waals surface area (Å²) in [6.07, 6.45) is -1.45. The number of alkyl halides is 4. The van der Waals surface area contributed by atoms with Crippen molar-refractivity contribution in [2.24, 2.45) is 11.8 Å². The summed E-state index contributed by atoms with van der Waals surface area (Å²) < 4.78 is 38.1. The lowest BCUT2D eigenvalue weighted by Crippen LogP contribution is -2.45. The average molecular weight is 372 g/mol. The zero-order valence-corrected chi connectivity index (χ0v) is 14.3. The molecule has 1 aliphatic rings. The predicted octanol–water partition coefficient (Wildman–Crippen LogP) is 4.77. The summed E-state index contributed by atoms with van der Waals surface area (Å²) >= 11 is 3.36. The lowest BCUT2D eigenvalue weighted by atomic mass is 9.80. The monoisotopic (exact) mass is 371 g/mol. The minimum Gasteiger partial charge on any atom is -0.339 e. The number of hydrogen-bond acceptors (Lipinski definition) is 1. The lowest BCUT2D eigenvalue weighted by Gasteiger charge is -2.36. The molecule has 0 aromatic heterocycles. The third-order valence-corrected chi connectivity index (χ3v) is 4.89. The molecule has 0 saturated heterocycles. The first-order valence-corrected chi connectivity index (χ1v) is 8.90. The first kappa shape index (κ1) is 18.8. The molecule has 1 amide bonds. The van der Waals surface area contributed by atoms with Crippen LogP contribution in [0.25, 0.3) is 0 Å². The third kappa shape index (κ3) is 5.15. The van der Waals surface area contributed by atoms with Crippen molar-refractivity contribution in [2.45, 2.75) is 64.6 Å². The summed E-state index contributed by atoms with van der Waals surface area (Å²) in [6, 6.07) is 0.190. The highest BCUT2D eigenvalue weighted by atomic mass is 79.9. The standard InChI is InChI=1S/C15H25BrF3NO/c1-3-13(4-2)20(10-9-16)14(21)11-5-7-12(8-6-11)15(17,18)19/h11-13H,3-10H2,1-2H3. The first-order chi connectivity index (χ1) is 9.85. The molecule has 124 valence electrons. The van der Waals surface area contributed by atoms with Gasteiger partial charge in [0.25, 0.3) is 0 Å². The maximum Gasteiger partial charge on any atom is 0.391 e. The van der Waals surface area contributed by atoms with E-state index in [9.17, 15) is 18.0 Å². The number of carbonyl (C=O) groups excluding carboxylic acids is 1. The summed E-state index contributed by atoms with van der Waals surface area (Å²) in [6.45, 7) is 4.72. The van der Waals surface area contributed by atoms with Crippen LogP contribution in [-0.4, -0.2) is 34.9 Å². The van der Waals surface area contributed by atoms with Gasteiger partial charge in [-0.05, 0) is 38.5 Å². The lowest BCUT2D eigenvalue weighted by molar-refractivity contribution is -0.185. The second-order valence-electron chi connectivity index (χ2n) is 5.78. The molecule has 0 radical (unpaired) electrons. The maximum absolute atomic E-state index is 12.7. The van der Waals surface area contributed by atoms with Gasteiger partial charge in [0, 0.05) is 23.8 Å². The minimum absolute atomic E-state index is 0.0452. The highest BCUT2D eigenvalue weighted by Crippen LogP contribution is 2.40. The molecule has 0 spiro atoms. The Morgan fingerprint density at radius 2 is 1.71 bits per heavy atom. The van der Waals surface area contributed by atoms with Crippen LogP contribution in [0.2, 0.25) is 0 Å². The number of nitrogens with zero attached hydrogens (tertiary/aromatic N) is 1. The quantitative estimate of drug-likeness (QED) is 0.616. The van der Waals surface area contributed by atoms with Crippen LogP contribution in [0.3, 0.4) is 0 Å². The molecular formula is C15H25BrF3NO. The van der Waals surface area contributed by atoms with Crippen molar-refractivity contribution in [1.82, 2.24) is 4.90 Å². The molecule has 1 saturated carbocycles. The van der Waals surface area contributed by atoms with E-state index in [1.807, 2.05) is 18.7 Å². The third-order valence-electron chi connectivity index (χ3n) is 4.53.